The molecule has 0 aliphatic heterocycles. The van der Waals surface area contributed by atoms with Gasteiger partial charge in [-0.2, -0.15) is 0 Å². The highest BCUT2D eigenvalue weighted by atomic mass is 16.3. The maximum Gasteiger partial charge on any atom is 0.159 e. The van der Waals surface area contributed by atoms with Gasteiger partial charge in [-0.15, -0.1) is 0 Å². The Hall–Kier alpha value is -2.74. The molecule has 0 bridgehead atoms. The third-order valence-electron chi connectivity index (χ3n) is 5.24. The molecule has 0 unspecified atom stereocenters. The molecule has 0 aliphatic rings. The van der Waals surface area contributed by atoms with E-state index in [4.69, 9.17) is 7.16 Å². The van der Waals surface area contributed by atoms with Crippen LogP contribution in [0.2, 0.25) is 0 Å². The molecule has 0 N–H and O–H groups in total. The predicted molar refractivity (Wildman–Crippen MR) is 116 cm³/mol. The lowest BCUT2D eigenvalue weighted by Crippen LogP contribution is -2.09. The molecule has 1 heterocycles. The summed E-state index contributed by atoms with van der Waals surface area (Å²) < 4.78 is 23.1. The number of nitrogens with zero attached hydrogens (tertiary/aromatic N) is 1. The van der Waals surface area contributed by atoms with Gasteiger partial charge in [-0.05, 0) is 41.1 Å². The predicted octanol–water partition coefficient (Wildman–Crippen LogP) is 7.60. The number of hydrogen-bond donors (Lipinski definition) is 0. The number of fused-ring (bicyclic) bond motifs is 3. The van der Waals surface area contributed by atoms with Crippen LogP contribution < -0.4 is 4.90 Å². The minimum atomic E-state index is -0.738. The number of rotatable bonds is 4. The third kappa shape index (κ3) is 2.99. The lowest BCUT2D eigenvalue weighted by atomic mass is 10.0. The van der Waals surface area contributed by atoms with Gasteiger partial charge in [-0.3, -0.25) is 0 Å². The molecule has 138 valence electrons. The Morgan fingerprint density at radius 3 is 2.04 bits per heavy atom. The topological polar surface area (TPSA) is 16.4 Å². The summed E-state index contributed by atoms with van der Waals surface area (Å²) in [5.41, 5.74) is 5.50. The summed E-state index contributed by atoms with van der Waals surface area (Å²) in [7, 11) is 2.03. The Morgan fingerprint density at radius 2 is 1.41 bits per heavy atom. The molecule has 0 radical (unpaired) electrons. The Bertz CT molecular complexity index is 1180. The van der Waals surface area contributed by atoms with Crippen molar-refractivity contribution < 1.29 is 7.16 Å². The number of para-hydroxylation sites is 2. The monoisotopic (exact) mass is 359 g/mol. The first kappa shape index (κ1) is 15.3. The maximum atomic E-state index is 8.49. The lowest BCUT2D eigenvalue weighted by molar-refractivity contribution is 0.657. The van der Waals surface area contributed by atoms with E-state index in [0.717, 1.165) is 44.4 Å². The van der Waals surface area contributed by atoms with Crippen molar-refractivity contribution in [3.8, 4) is 0 Å². The zero-order valence-corrected chi connectivity index (χ0v) is 16.6. The normalized spacial score (nSPS) is 13.7. The van der Waals surface area contributed by atoms with E-state index >= 15 is 0 Å². The first-order valence-electron chi connectivity index (χ1n) is 10.4. The van der Waals surface area contributed by atoms with Gasteiger partial charge < -0.3 is 9.32 Å². The van der Waals surface area contributed by atoms with Crippen molar-refractivity contribution >= 4 is 33.3 Å². The second-order valence-electron chi connectivity index (χ2n) is 7.54. The summed E-state index contributed by atoms with van der Waals surface area (Å²) in [5, 5.41) is 2.10. The standard InChI is InChI=1S/C25H27NO/c1-16(2)18-12-14-19(15-13-18)26(5)23-11-7-10-22-21-9-6-8-20(17(3)4)24(21)27-25(22)23/h6-17H,1-5H3/i16D,17D. The number of benzene rings is 3. The summed E-state index contributed by atoms with van der Waals surface area (Å²) in [6.07, 6.45) is 0. The van der Waals surface area contributed by atoms with Crippen molar-refractivity contribution in [1.29, 1.82) is 0 Å². The quantitative estimate of drug-likeness (QED) is 0.373. The summed E-state index contributed by atoms with van der Waals surface area (Å²) in [6, 6.07) is 20.3. The van der Waals surface area contributed by atoms with Gasteiger partial charge in [0, 0.05) is 26.2 Å². The Balaban J connectivity index is 1.86. The second kappa shape index (κ2) is 6.77. The van der Waals surface area contributed by atoms with E-state index in [1.807, 2.05) is 77.2 Å². The van der Waals surface area contributed by atoms with E-state index < -0.39 is 11.8 Å². The van der Waals surface area contributed by atoms with Crippen LogP contribution in [-0.4, -0.2) is 7.05 Å². The SMILES string of the molecule is [2H]C(C)(C)c1ccc(N(C)c2cccc3c2oc2c(C([2H])(C)C)cccc23)cc1. The van der Waals surface area contributed by atoms with E-state index in [2.05, 4.69) is 23.1 Å². The Kier molecular flexibility index (Phi) is 3.84. The molecule has 0 atom stereocenters. The molecule has 0 amide bonds. The molecule has 3 aromatic carbocycles. The van der Waals surface area contributed by atoms with Crippen LogP contribution in [0.3, 0.4) is 0 Å². The molecule has 0 fully saturated rings. The molecule has 4 rings (SSSR count). The van der Waals surface area contributed by atoms with E-state index in [0.29, 0.717) is 0 Å². The maximum absolute atomic E-state index is 8.49. The molecule has 2 nitrogen and oxygen atoms in total. The molecule has 0 spiro atoms. The van der Waals surface area contributed by atoms with E-state index in [1.165, 1.54) is 0 Å². The van der Waals surface area contributed by atoms with Crippen LogP contribution >= 0.6 is 0 Å². The van der Waals surface area contributed by atoms with Gasteiger partial charge in [0.2, 0.25) is 0 Å². The number of anilines is 2. The lowest BCUT2D eigenvalue weighted by Gasteiger charge is -2.20. The van der Waals surface area contributed by atoms with Crippen molar-refractivity contribution in [2.24, 2.45) is 0 Å². The van der Waals surface area contributed by atoms with Crippen LogP contribution in [0.15, 0.2) is 65.1 Å². The van der Waals surface area contributed by atoms with Crippen LogP contribution in [0.1, 0.15) is 53.4 Å². The molecule has 0 aliphatic carbocycles. The van der Waals surface area contributed by atoms with E-state index in [1.54, 1.807) is 0 Å². The summed E-state index contributed by atoms with van der Waals surface area (Å²) in [6.45, 7) is 7.56. The van der Waals surface area contributed by atoms with Crippen LogP contribution in [0.4, 0.5) is 11.4 Å². The Labute approximate surface area is 164 Å². The van der Waals surface area contributed by atoms with Crippen molar-refractivity contribution in [2.75, 3.05) is 11.9 Å². The highest BCUT2D eigenvalue weighted by molar-refractivity contribution is 6.10. The zero-order chi connectivity index (χ0) is 21.0. The molecular weight excluding hydrogens is 330 g/mol. The first-order chi connectivity index (χ1) is 13.6. The van der Waals surface area contributed by atoms with Gasteiger partial charge in [0.1, 0.15) is 5.58 Å². The molecule has 2 heteroatoms. The highest BCUT2D eigenvalue weighted by Gasteiger charge is 2.17. The largest absolute Gasteiger partial charge is 0.454 e. The molecule has 0 saturated heterocycles. The molecular formula is C25H27NO. The van der Waals surface area contributed by atoms with Crippen molar-refractivity contribution in [2.45, 2.75) is 39.5 Å². The van der Waals surface area contributed by atoms with E-state index in [-0.39, 0.29) is 0 Å². The fourth-order valence-corrected chi connectivity index (χ4v) is 3.62. The third-order valence-corrected chi connectivity index (χ3v) is 5.24. The molecule has 27 heavy (non-hydrogen) atoms. The first-order valence-corrected chi connectivity index (χ1v) is 9.36. The number of furan rings is 1. The smallest absolute Gasteiger partial charge is 0.159 e. The summed E-state index contributed by atoms with van der Waals surface area (Å²) in [5.74, 6) is -1.35. The average Bonchev–Trinajstić information content (AvgIpc) is 3.04. The molecule has 0 saturated carbocycles. The van der Waals surface area contributed by atoms with Crippen LogP contribution in [0, 0.1) is 0 Å². The van der Waals surface area contributed by atoms with Crippen molar-refractivity contribution in [3.63, 3.8) is 0 Å². The second-order valence-corrected chi connectivity index (χ2v) is 7.54. The average molecular weight is 360 g/mol. The zero-order valence-electron chi connectivity index (χ0n) is 18.6. The van der Waals surface area contributed by atoms with Gasteiger partial charge >= 0.3 is 0 Å². The summed E-state index contributed by atoms with van der Waals surface area (Å²) >= 11 is 0. The fourth-order valence-electron chi connectivity index (χ4n) is 3.62. The minimum Gasteiger partial charge on any atom is -0.454 e. The van der Waals surface area contributed by atoms with Gasteiger partial charge in [-0.25, -0.2) is 0 Å². The fraction of sp³-hybridized carbons (Fsp3) is 0.280. The van der Waals surface area contributed by atoms with Gasteiger partial charge in [0.25, 0.3) is 0 Å². The van der Waals surface area contributed by atoms with Gasteiger partial charge in [-0.1, -0.05) is 70.2 Å². The highest BCUT2D eigenvalue weighted by Crippen LogP contribution is 2.39. The Morgan fingerprint density at radius 1 is 0.778 bits per heavy atom. The van der Waals surface area contributed by atoms with Crippen LogP contribution in [-0.2, 0) is 0 Å². The minimum absolute atomic E-state index is 0.616. The summed E-state index contributed by atoms with van der Waals surface area (Å²) in [4.78, 5) is 2.11. The van der Waals surface area contributed by atoms with Crippen LogP contribution in [0.25, 0.3) is 21.9 Å². The number of hydrogen-bond acceptors (Lipinski definition) is 2. The molecule has 1 aromatic heterocycles. The van der Waals surface area contributed by atoms with Crippen molar-refractivity contribution in [1.82, 2.24) is 0 Å². The molecule has 4 aromatic rings. The van der Waals surface area contributed by atoms with Crippen molar-refractivity contribution in [3.05, 3.63) is 71.8 Å². The van der Waals surface area contributed by atoms with Gasteiger partial charge in [0.15, 0.2) is 5.58 Å². The van der Waals surface area contributed by atoms with Crippen LogP contribution in [0.5, 0.6) is 0 Å². The van der Waals surface area contributed by atoms with E-state index in [9.17, 15) is 0 Å². The van der Waals surface area contributed by atoms with Gasteiger partial charge in [0.05, 0.1) is 5.69 Å².